The van der Waals surface area contributed by atoms with Gasteiger partial charge in [-0.2, -0.15) is 0 Å². The van der Waals surface area contributed by atoms with E-state index >= 15 is 0 Å². The Kier molecular flexibility index (Phi) is 1.63. The van der Waals surface area contributed by atoms with Gasteiger partial charge in [-0.25, -0.2) is 4.98 Å². The zero-order valence-electron chi connectivity index (χ0n) is 6.36. The Morgan fingerprint density at radius 2 is 2.50 bits per heavy atom. The van der Waals surface area contributed by atoms with E-state index in [4.69, 9.17) is 4.74 Å². The Balaban J connectivity index is 2.46. The van der Waals surface area contributed by atoms with E-state index in [0.29, 0.717) is 5.69 Å². The van der Waals surface area contributed by atoms with E-state index in [1.165, 1.54) is 0 Å². The number of fused-ring (bicyclic) bond motifs is 1. The number of carbonyl (C=O) groups is 1. The molecule has 0 radical (unpaired) electrons. The lowest BCUT2D eigenvalue weighted by molar-refractivity contribution is 0.111. The SMILES string of the molecule is O=Cc1cc2c(cn1)OC=CC2. The summed E-state index contributed by atoms with van der Waals surface area (Å²) in [7, 11) is 0. The van der Waals surface area contributed by atoms with Crippen LogP contribution in [0.3, 0.4) is 0 Å². The number of hydrogen-bond donors (Lipinski definition) is 0. The van der Waals surface area contributed by atoms with Crippen molar-refractivity contribution in [1.82, 2.24) is 4.98 Å². The van der Waals surface area contributed by atoms with E-state index in [1.54, 1.807) is 18.5 Å². The van der Waals surface area contributed by atoms with Crippen molar-refractivity contribution in [2.75, 3.05) is 0 Å². The Morgan fingerprint density at radius 1 is 1.58 bits per heavy atom. The molecule has 0 aliphatic carbocycles. The Morgan fingerprint density at radius 3 is 3.33 bits per heavy atom. The third-order valence-corrected chi connectivity index (χ3v) is 1.72. The molecule has 2 rings (SSSR count). The highest BCUT2D eigenvalue weighted by Crippen LogP contribution is 2.21. The van der Waals surface area contributed by atoms with Crippen molar-refractivity contribution in [1.29, 1.82) is 0 Å². The van der Waals surface area contributed by atoms with E-state index in [0.717, 1.165) is 24.0 Å². The summed E-state index contributed by atoms with van der Waals surface area (Å²) in [6, 6.07) is 1.74. The van der Waals surface area contributed by atoms with Crippen LogP contribution in [0.5, 0.6) is 5.75 Å². The summed E-state index contributed by atoms with van der Waals surface area (Å²) in [5, 5.41) is 0. The van der Waals surface area contributed by atoms with Crippen molar-refractivity contribution in [3.8, 4) is 5.75 Å². The summed E-state index contributed by atoms with van der Waals surface area (Å²) in [6.07, 6.45) is 6.64. The van der Waals surface area contributed by atoms with E-state index in [-0.39, 0.29) is 0 Å². The fraction of sp³-hybridized carbons (Fsp3) is 0.111. The first-order valence-corrected chi connectivity index (χ1v) is 3.66. The molecule has 3 heteroatoms. The standard InChI is InChI=1S/C9H7NO2/c11-6-8-4-7-2-1-3-12-9(7)5-10-8/h1,3-6H,2H2. The Hall–Kier alpha value is -1.64. The zero-order valence-corrected chi connectivity index (χ0v) is 6.36. The molecule has 1 aliphatic rings. The van der Waals surface area contributed by atoms with Crippen LogP contribution < -0.4 is 4.74 Å². The van der Waals surface area contributed by atoms with Crippen LogP contribution >= 0.6 is 0 Å². The topological polar surface area (TPSA) is 39.2 Å². The number of carbonyl (C=O) groups excluding carboxylic acids is 1. The summed E-state index contributed by atoms with van der Waals surface area (Å²) >= 11 is 0. The summed E-state index contributed by atoms with van der Waals surface area (Å²) in [5.74, 6) is 0.739. The van der Waals surface area contributed by atoms with Crippen LogP contribution in [0.2, 0.25) is 0 Å². The van der Waals surface area contributed by atoms with Crippen LogP contribution in [0, 0.1) is 0 Å². The normalized spacial score (nSPS) is 13.3. The number of rotatable bonds is 1. The maximum atomic E-state index is 10.4. The van der Waals surface area contributed by atoms with Crippen molar-refractivity contribution >= 4 is 6.29 Å². The van der Waals surface area contributed by atoms with Gasteiger partial charge >= 0.3 is 0 Å². The number of nitrogens with zero attached hydrogens (tertiary/aromatic N) is 1. The second-order valence-electron chi connectivity index (χ2n) is 2.53. The summed E-state index contributed by atoms with van der Waals surface area (Å²) in [6.45, 7) is 0. The van der Waals surface area contributed by atoms with Crippen LogP contribution in [0.25, 0.3) is 0 Å². The average molecular weight is 161 g/mol. The van der Waals surface area contributed by atoms with Gasteiger partial charge in [-0.3, -0.25) is 4.79 Å². The van der Waals surface area contributed by atoms with Crippen LogP contribution in [0.4, 0.5) is 0 Å². The van der Waals surface area contributed by atoms with Crippen molar-refractivity contribution < 1.29 is 9.53 Å². The first-order valence-electron chi connectivity index (χ1n) is 3.66. The number of hydrogen-bond acceptors (Lipinski definition) is 3. The Bertz CT molecular complexity index is 344. The molecule has 0 saturated heterocycles. The molecule has 0 amide bonds. The molecule has 0 N–H and O–H groups in total. The third kappa shape index (κ3) is 1.09. The molecule has 12 heavy (non-hydrogen) atoms. The molecule has 3 nitrogen and oxygen atoms in total. The molecule has 0 fully saturated rings. The molecule has 0 atom stereocenters. The maximum absolute atomic E-state index is 10.4. The predicted octanol–water partition coefficient (Wildman–Crippen LogP) is 1.34. The molecular formula is C9H7NO2. The first-order chi connectivity index (χ1) is 5.90. The van der Waals surface area contributed by atoms with Gasteiger partial charge in [-0.05, 0) is 18.6 Å². The molecule has 60 valence electrons. The van der Waals surface area contributed by atoms with Crippen LogP contribution in [0.1, 0.15) is 16.1 Å². The summed E-state index contributed by atoms with van der Waals surface area (Å²) in [4.78, 5) is 14.3. The van der Waals surface area contributed by atoms with Crippen molar-refractivity contribution in [3.63, 3.8) is 0 Å². The molecule has 1 aliphatic heterocycles. The summed E-state index contributed by atoms with van der Waals surface area (Å²) in [5.41, 5.74) is 1.46. The smallest absolute Gasteiger partial charge is 0.168 e. The molecule has 0 bridgehead atoms. The fourth-order valence-corrected chi connectivity index (χ4v) is 1.13. The number of aromatic nitrogens is 1. The Labute approximate surface area is 69.7 Å². The lowest BCUT2D eigenvalue weighted by Gasteiger charge is -2.10. The van der Waals surface area contributed by atoms with Gasteiger partial charge in [0, 0.05) is 5.56 Å². The zero-order chi connectivity index (χ0) is 8.39. The van der Waals surface area contributed by atoms with Gasteiger partial charge < -0.3 is 4.74 Å². The van der Waals surface area contributed by atoms with Crippen molar-refractivity contribution in [2.24, 2.45) is 0 Å². The third-order valence-electron chi connectivity index (χ3n) is 1.72. The highest BCUT2D eigenvalue weighted by molar-refractivity contribution is 5.72. The monoisotopic (exact) mass is 161 g/mol. The molecule has 1 aromatic heterocycles. The van der Waals surface area contributed by atoms with Gasteiger partial charge in [-0.1, -0.05) is 0 Å². The van der Waals surface area contributed by atoms with Gasteiger partial charge in [0.2, 0.25) is 0 Å². The van der Waals surface area contributed by atoms with E-state index in [9.17, 15) is 4.79 Å². The highest BCUT2D eigenvalue weighted by atomic mass is 16.5. The van der Waals surface area contributed by atoms with Gasteiger partial charge in [0.1, 0.15) is 11.4 Å². The number of ether oxygens (including phenoxy) is 1. The van der Waals surface area contributed by atoms with Gasteiger partial charge in [0.15, 0.2) is 6.29 Å². The highest BCUT2D eigenvalue weighted by Gasteiger charge is 2.07. The minimum atomic E-state index is 0.452. The summed E-state index contributed by atoms with van der Waals surface area (Å²) < 4.78 is 5.16. The van der Waals surface area contributed by atoms with E-state index in [2.05, 4.69) is 4.98 Å². The number of allylic oxidation sites excluding steroid dienone is 1. The molecular weight excluding hydrogens is 154 g/mol. The quantitative estimate of drug-likeness (QED) is 0.583. The molecule has 0 spiro atoms. The minimum Gasteiger partial charge on any atom is -0.463 e. The van der Waals surface area contributed by atoms with Crippen molar-refractivity contribution in [2.45, 2.75) is 6.42 Å². The fourth-order valence-electron chi connectivity index (χ4n) is 1.13. The van der Waals surface area contributed by atoms with E-state index < -0.39 is 0 Å². The lowest BCUT2D eigenvalue weighted by atomic mass is 10.1. The number of pyridine rings is 1. The second kappa shape index (κ2) is 2.77. The minimum absolute atomic E-state index is 0.452. The van der Waals surface area contributed by atoms with Gasteiger partial charge in [-0.15, -0.1) is 0 Å². The lowest BCUT2D eigenvalue weighted by Crippen LogP contribution is -1.99. The maximum Gasteiger partial charge on any atom is 0.168 e. The van der Waals surface area contributed by atoms with Crippen LogP contribution in [-0.2, 0) is 6.42 Å². The first kappa shape index (κ1) is 7.03. The van der Waals surface area contributed by atoms with E-state index in [1.807, 2.05) is 6.08 Å². The second-order valence-corrected chi connectivity index (χ2v) is 2.53. The van der Waals surface area contributed by atoms with Crippen LogP contribution in [-0.4, -0.2) is 11.3 Å². The molecule has 0 unspecified atom stereocenters. The largest absolute Gasteiger partial charge is 0.463 e. The van der Waals surface area contributed by atoms with Crippen LogP contribution in [0.15, 0.2) is 24.6 Å². The van der Waals surface area contributed by atoms with Crippen molar-refractivity contribution in [3.05, 3.63) is 35.9 Å². The molecule has 1 aromatic rings. The average Bonchev–Trinajstić information content (AvgIpc) is 2.17. The predicted molar refractivity (Wildman–Crippen MR) is 43.1 cm³/mol. The van der Waals surface area contributed by atoms with Gasteiger partial charge in [0.05, 0.1) is 12.5 Å². The molecule has 0 saturated carbocycles. The van der Waals surface area contributed by atoms with Gasteiger partial charge in [0.25, 0.3) is 0 Å². The molecule has 0 aromatic carbocycles. The number of aldehydes is 1. The molecule has 2 heterocycles.